The Hall–Kier alpha value is -2.90. The second kappa shape index (κ2) is 10.2. The first-order chi connectivity index (χ1) is 14.4. The monoisotopic (exact) mass is 442 g/mol. The lowest BCUT2D eigenvalue weighted by molar-refractivity contribution is 0.103. The number of nitrogens with zero attached hydrogens (tertiary/aromatic N) is 1. The lowest BCUT2D eigenvalue weighted by Gasteiger charge is -2.06. The number of nitrogens with one attached hydrogen (secondary N) is 3. The van der Waals surface area contributed by atoms with Gasteiger partial charge in [-0.05, 0) is 55.7 Å². The number of aromatic nitrogens is 1. The van der Waals surface area contributed by atoms with E-state index in [2.05, 4.69) is 27.9 Å². The molecule has 0 saturated heterocycles. The molecule has 0 bridgehead atoms. The molecule has 0 unspecified atom stereocenters. The number of thiazole rings is 1. The number of rotatable bonds is 7. The number of urea groups is 1. The Labute approximate surface area is 184 Å². The summed E-state index contributed by atoms with van der Waals surface area (Å²) in [6.45, 7) is 3.90. The molecule has 0 fully saturated rings. The van der Waals surface area contributed by atoms with E-state index >= 15 is 0 Å². The van der Waals surface area contributed by atoms with E-state index in [-0.39, 0.29) is 5.91 Å². The van der Waals surface area contributed by atoms with E-state index in [0.717, 1.165) is 36.3 Å². The van der Waals surface area contributed by atoms with Gasteiger partial charge >= 0.3 is 6.03 Å². The summed E-state index contributed by atoms with van der Waals surface area (Å²) in [6, 6.07) is 14.2. The van der Waals surface area contributed by atoms with Crippen LogP contribution in [0.15, 0.2) is 48.5 Å². The Morgan fingerprint density at radius 3 is 2.50 bits per heavy atom. The molecule has 0 saturated carbocycles. The van der Waals surface area contributed by atoms with E-state index in [9.17, 15) is 9.59 Å². The van der Waals surface area contributed by atoms with Gasteiger partial charge < -0.3 is 10.6 Å². The number of hydrogen-bond acceptors (Lipinski definition) is 4. The van der Waals surface area contributed by atoms with Crippen LogP contribution in [0.5, 0.6) is 0 Å². The van der Waals surface area contributed by atoms with Crippen LogP contribution in [-0.2, 0) is 6.42 Å². The minimum Gasteiger partial charge on any atom is -0.321 e. The normalized spacial score (nSPS) is 10.5. The molecule has 3 N–H and O–H groups in total. The summed E-state index contributed by atoms with van der Waals surface area (Å²) in [6.07, 6.45) is 3.33. The highest BCUT2D eigenvalue weighted by Gasteiger charge is 2.17. The molecule has 0 aliphatic rings. The Bertz CT molecular complexity index is 1030. The molecule has 3 rings (SSSR count). The van der Waals surface area contributed by atoms with Gasteiger partial charge in [0.1, 0.15) is 4.88 Å². The maximum absolute atomic E-state index is 12.6. The van der Waals surface area contributed by atoms with Crippen LogP contribution in [0.1, 0.15) is 40.7 Å². The third-order valence-electron chi connectivity index (χ3n) is 4.34. The van der Waals surface area contributed by atoms with Crippen LogP contribution in [0.4, 0.5) is 21.3 Å². The zero-order valence-corrected chi connectivity index (χ0v) is 18.4. The highest BCUT2D eigenvalue weighted by Crippen LogP contribution is 2.24. The molecule has 0 aliphatic carbocycles. The standard InChI is InChI=1S/C22H23ClN4O2S/c1-3-4-6-15-9-11-17(12-10-15)25-20(28)19-14(2)24-22(30-19)27-21(29)26-18-8-5-7-16(23)13-18/h5,7-13H,3-4,6H2,1-2H3,(H,25,28)(H2,24,26,27,29). The predicted octanol–water partition coefficient (Wildman–Crippen LogP) is 6.34. The van der Waals surface area contributed by atoms with Crippen molar-refractivity contribution in [1.29, 1.82) is 0 Å². The number of amides is 3. The van der Waals surface area contributed by atoms with Gasteiger partial charge in [-0.2, -0.15) is 0 Å². The van der Waals surface area contributed by atoms with E-state index in [1.165, 1.54) is 5.56 Å². The van der Waals surface area contributed by atoms with Crippen molar-refractivity contribution in [2.24, 2.45) is 0 Å². The van der Waals surface area contributed by atoms with Crippen molar-refractivity contribution in [2.45, 2.75) is 33.1 Å². The summed E-state index contributed by atoms with van der Waals surface area (Å²) in [5, 5.41) is 9.08. The van der Waals surface area contributed by atoms with Crippen LogP contribution in [-0.4, -0.2) is 16.9 Å². The van der Waals surface area contributed by atoms with Gasteiger partial charge in [0, 0.05) is 16.4 Å². The average Bonchev–Trinajstić information content (AvgIpc) is 3.07. The highest BCUT2D eigenvalue weighted by molar-refractivity contribution is 7.17. The molecule has 30 heavy (non-hydrogen) atoms. The summed E-state index contributed by atoms with van der Waals surface area (Å²) >= 11 is 7.04. The van der Waals surface area contributed by atoms with Crippen molar-refractivity contribution >= 4 is 51.4 Å². The molecular weight excluding hydrogens is 420 g/mol. The van der Waals surface area contributed by atoms with Crippen LogP contribution >= 0.6 is 22.9 Å². The minimum atomic E-state index is -0.458. The number of hydrogen-bond donors (Lipinski definition) is 3. The summed E-state index contributed by atoms with van der Waals surface area (Å²) in [4.78, 5) is 29.5. The van der Waals surface area contributed by atoms with E-state index in [4.69, 9.17) is 11.6 Å². The number of aryl methyl sites for hydroxylation is 2. The van der Waals surface area contributed by atoms with Gasteiger partial charge in [-0.25, -0.2) is 9.78 Å². The predicted molar refractivity (Wildman–Crippen MR) is 124 cm³/mol. The van der Waals surface area contributed by atoms with Crippen LogP contribution in [0.25, 0.3) is 0 Å². The van der Waals surface area contributed by atoms with Gasteiger partial charge in [-0.15, -0.1) is 0 Å². The molecule has 0 spiro atoms. The fourth-order valence-electron chi connectivity index (χ4n) is 2.81. The highest BCUT2D eigenvalue weighted by atomic mass is 35.5. The molecule has 3 aromatic rings. The topological polar surface area (TPSA) is 83.1 Å². The first-order valence-corrected chi connectivity index (χ1v) is 10.9. The molecule has 8 heteroatoms. The van der Waals surface area contributed by atoms with E-state index in [1.807, 2.05) is 24.3 Å². The number of anilines is 3. The SMILES string of the molecule is CCCCc1ccc(NC(=O)c2sc(NC(=O)Nc3cccc(Cl)c3)nc2C)cc1. The molecular formula is C22H23ClN4O2S. The lowest BCUT2D eigenvalue weighted by Crippen LogP contribution is -2.19. The van der Waals surface area contributed by atoms with E-state index < -0.39 is 6.03 Å². The largest absolute Gasteiger partial charge is 0.325 e. The summed E-state index contributed by atoms with van der Waals surface area (Å²) in [5.74, 6) is -0.255. The van der Waals surface area contributed by atoms with Crippen molar-refractivity contribution in [3.63, 3.8) is 0 Å². The van der Waals surface area contributed by atoms with Gasteiger partial charge in [-0.3, -0.25) is 10.1 Å². The van der Waals surface area contributed by atoms with Gasteiger partial charge in [-0.1, -0.05) is 54.5 Å². The number of carbonyl (C=O) groups excluding carboxylic acids is 2. The molecule has 1 aromatic heterocycles. The van der Waals surface area contributed by atoms with Crippen molar-refractivity contribution in [3.8, 4) is 0 Å². The van der Waals surface area contributed by atoms with Gasteiger partial charge in [0.25, 0.3) is 5.91 Å². The number of benzene rings is 2. The molecule has 0 atom stereocenters. The quantitative estimate of drug-likeness (QED) is 0.399. The third-order valence-corrected chi connectivity index (χ3v) is 5.64. The number of halogens is 1. The van der Waals surface area contributed by atoms with E-state index in [0.29, 0.717) is 26.4 Å². The number of unbranched alkanes of at least 4 members (excludes halogenated alkanes) is 1. The maximum atomic E-state index is 12.6. The Morgan fingerprint density at radius 1 is 1.03 bits per heavy atom. The molecule has 0 aliphatic heterocycles. The lowest BCUT2D eigenvalue weighted by atomic mass is 10.1. The summed E-state index contributed by atoms with van der Waals surface area (Å²) < 4.78 is 0. The summed E-state index contributed by atoms with van der Waals surface area (Å²) in [5.41, 5.74) is 3.09. The van der Waals surface area contributed by atoms with Gasteiger partial charge in [0.15, 0.2) is 5.13 Å². The third kappa shape index (κ3) is 6.05. The molecule has 6 nitrogen and oxygen atoms in total. The Balaban J connectivity index is 1.60. The molecule has 0 radical (unpaired) electrons. The Morgan fingerprint density at radius 2 is 1.80 bits per heavy atom. The smallest absolute Gasteiger partial charge is 0.321 e. The van der Waals surface area contributed by atoms with E-state index in [1.54, 1.807) is 31.2 Å². The van der Waals surface area contributed by atoms with Crippen LogP contribution < -0.4 is 16.0 Å². The van der Waals surface area contributed by atoms with Crippen molar-refractivity contribution in [3.05, 3.63) is 69.7 Å². The van der Waals surface area contributed by atoms with Crippen LogP contribution in [0.2, 0.25) is 5.02 Å². The fraction of sp³-hybridized carbons (Fsp3) is 0.227. The first kappa shape index (κ1) is 21.8. The molecule has 2 aromatic carbocycles. The van der Waals surface area contributed by atoms with Crippen molar-refractivity contribution in [2.75, 3.05) is 16.0 Å². The molecule has 156 valence electrons. The second-order valence-corrected chi connectivity index (χ2v) is 8.21. The Kier molecular flexibility index (Phi) is 7.43. The zero-order valence-electron chi connectivity index (χ0n) is 16.8. The average molecular weight is 443 g/mol. The van der Waals surface area contributed by atoms with Crippen molar-refractivity contribution < 1.29 is 9.59 Å². The molecule has 1 heterocycles. The first-order valence-electron chi connectivity index (χ1n) is 9.66. The second-order valence-electron chi connectivity index (χ2n) is 6.78. The van der Waals surface area contributed by atoms with Crippen molar-refractivity contribution in [1.82, 2.24) is 4.98 Å². The van der Waals surface area contributed by atoms with Gasteiger partial charge in [0.05, 0.1) is 5.69 Å². The molecule has 3 amide bonds. The van der Waals surface area contributed by atoms with Crippen LogP contribution in [0.3, 0.4) is 0 Å². The minimum absolute atomic E-state index is 0.255. The fourth-order valence-corrected chi connectivity index (χ4v) is 3.86. The zero-order chi connectivity index (χ0) is 21.5. The summed E-state index contributed by atoms with van der Waals surface area (Å²) in [7, 11) is 0. The van der Waals surface area contributed by atoms with Crippen LogP contribution in [0, 0.1) is 6.92 Å². The maximum Gasteiger partial charge on any atom is 0.325 e. The number of carbonyl (C=O) groups is 2. The van der Waals surface area contributed by atoms with Gasteiger partial charge in [0.2, 0.25) is 0 Å².